The van der Waals surface area contributed by atoms with E-state index >= 15 is 0 Å². The average molecular weight is 603 g/mol. The number of ether oxygens (including phenoxy) is 2. The second-order valence-corrected chi connectivity index (χ2v) is 12.1. The van der Waals surface area contributed by atoms with Gasteiger partial charge < -0.3 is 25.0 Å². The Kier molecular flexibility index (Phi) is 7.76. The van der Waals surface area contributed by atoms with Gasteiger partial charge >= 0.3 is 0 Å². The summed E-state index contributed by atoms with van der Waals surface area (Å²) in [5, 5.41) is 6.91. The van der Waals surface area contributed by atoms with Crippen LogP contribution in [-0.4, -0.2) is 90.9 Å². The number of amides is 1. The highest BCUT2D eigenvalue weighted by Crippen LogP contribution is 2.50. The van der Waals surface area contributed by atoms with Crippen molar-refractivity contribution >= 4 is 45.6 Å². The fourth-order valence-corrected chi connectivity index (χ4v) is 6.58. The number of carbonyl (C=O) groups is 1. The van der Waals surface area contributed by atoms with Crippen molar-refractivity contribution < 1.29 is 18.7 Å². The molecule has 1 aliphatic carbocycles. The van der Waals surface area contributed by atoms with Gasteiger partial charge in [0.25, 0.3) is 0 Å². The minimum Gasteiger partial charge on any atom is -0.372 e. The number of nitrogens with zero attached hydrogens (tertiary/aromatic N) is 4. The Balaban J connectivity index is 1.13. The number of hydrogen-bond donors (Lipinski definition) is 2. The maximum atomic E-state index is 13.7. The number of rotatable bonds is 6. The molecule has 4 aliphatic rings. The Morgan fingerprint density at radius 2 is 1.88 bits per heavy atom. The first-order valence-corrected chi connectivity index (χ1v) is 14.9. The monoisotopic (exact) mass is 602 g/mol. The molecule has 2 aromatic carbocycles. The molecule has 0 bridgehead atoms. The van der Waals surface area contributed by atoms with E-state index < -0.39 is 5.82 Å². The van der Waals surface area contributed by atoms with Crippen molar-refractivity contribution in [3.8, 4) is 11.8 Å². The summed E-state index contributed by atoms with van der Waals surface area (Å²) in [7, 11) is 2.14. The summed E-state index contributed by atoms with van der Waals surface area (Å²) in [4.78, 5) is 26.5. The lowest BCUT2D eigenvalue weighted by molar-refractivity contribution is -0.116. The maximum Gasteiger partial charge on any atom is 0.248 e. The van der Waals surface area contributed by atoms with Gasteiger partial charge in [0.15, 0.2) is 0 Å². The first kappa shape index (κ1) is 28.2. The SMILES string of the molecule is CN1CC2C(C#Cc3cc4ncnc(Nc5ccc(F)c(Cl)c5)c4cc3NC(=O)/C=C/CN3CC4OCCOC4C3)C2C1. The molecule has 4 unspecified atom stereocenters. The fraction of sp³-hybridized carbons (Fsp3) is 0.406. The molecule has 3 saturated heterocycles. The van der Waals surface area contributed by atoms with Crippen molar-refractivity contribution in [1.29, 1.82) is 0 Å². The minimum atomic E-state index is -0.503. The van der Waals surface area contributed by atoms with Gasteiger partial charge in [-0.15, -0.1) is 0 Å². The number of hydrogen-bond acceptors (Lipinski definition) is 8. The number of piperidine rings is 1. The molecule has 1 aromatic heterocycles. The molecule has 2 N–H and O–H groups in total. The van der Waals surface area contributed by atoms with E-state index in [1.165, 1.54) is 18.5 Å². The van der Waals surface area contributed by atoms with Crippen LogP contribution in [0.2, 0.25) is 5.02 Å². The Morgan fingerprint density at radius 1 is 1.12 bits per heavy atom. The molecule has 4 fully saturated rings. The molecule has 43 heavy (non-hydrogen) atoms. The van der Waals surface area contributed by atoms with Gasteiger partial charge in [0.1, 0.15) is 18.0 Å². The van der Waals surface area contributed by atoms with E-state index in [1.807, 2.05) is 18.2 Å². The van der Waals surface area contributed by atoms with Crippen molar-refractivity contribution in [2.24, 2.45) is 17.8 Å². The molecule has 11 heteroatoms. The zero-order valence-corrected chi connectivity index (χ0v) is 24.5. The van der Waals surface area contributed by atoms with E-state index in [9.17, 15) is 9.18 Å². The molecule has 0 spiro atoms. The molecule has 0 radical (unpaired) electrons. The average Bonchev–Trinajstić information content (AvgIpc) is 3.28. The van der Waals surface area contributed by atoms with Crippen LogP contribution in [-0.2, 0) is 14.3 Å². The first-order valence-electron chi connectivity index (χ1n) is 14.6. The van der Waals surface area contributed by atoms with Crippen molar-refractivity contribution in [1.82, 2.24) is 19.8 Å². The fourth-order valence-electron chi connectivity index (χ4n) is 6.40. The highest BCUT2D eigenvalue weighted by molar-refractivity contribution is 6.31. The third kappa shape index (κ3) is 6.09. The van der Waals surface area contributed by atoms with Crippen molar-refractivity contribution in [3.63, 3.8) is 0 Å². The molecule has 3 aromatic rings. The van der Waals surface area contributed by atoms with E-state index in [1.54, 1.807) is 12.1 Å². The van der Waals surface area contributed by atoms with Crippen LogP contribution in [0.1, 0.15) is 5.56 Å². The summed E-state index contributed by atoms with van der Waals surface area (Å²) in [5.41, 5.74) is 2.51. The highest BCUT2D eigenvalue weighted by atomic mass is 35.5. The van der Waals surface area contributed by atoms with Gasteiger partial charge in [0, 0.05) is 55.8 Å². The molecule has 7 rings (SSSR count). The lowest BCUT2D eigenvalue weighted by Crippen LogP contribution is -2.36. The molecule has 4 atom stereocenters. The minimum absolute atomic E-state index is 0.00411. The lowest BCUT2D eigenvalue weighted by atomic mass is 10.1. The van der Waals surface area contributed by atoms with Crippen LogP contribution in [0.15, 0.2) is 48.8 Å². The van der Waals surface area contributed by atoms with Crippen LogP contribution in [0.25, 0.3) is 10.9 Å². The molecule has 4 heterocycles. The topological polar surface area (TPSA) is 91.9 Å². The Labute approximate surface area is 254 Å². The number of halogens is 2. The smallest absolute Gasteiger partial charge is 0.248 e. The molecule has 3 aliphatic heterocycles. The highest BCUT2D eigenvalue weighted by Gasteiger charge is 2.54. The van der Waals surface area contributed by atoms with E-state index in [2.05, 4.69) is 49.3 Å². The van der Waals surface area contributed by atoms with Crippen LogP contribution in [0.5, 0.6) is 0 Å². The third-order valence-electron chi connectivity index (χ3n) is 8.64. The zero-order valence-electron chi connectivity index (χ0n) is 23.7. The molecular weight excluding hydrogens is 571 g/mol. The number of likely N-dealkylation sites (tertiary alicyclic amines) is 2. The number of anilines is 3. The van der Waals surface area contributed by atoms with E-state index in [-0.39, 0.29) is 23.1 Å². The molecule has 9 nitrogen and oxygen atoms in total. The number of benzene rings is 2. The second kappa shape index (κ2) is 11.8. The summed E-state index contributed by atoms with van der Waals surface area (Å²) >= 11 is 5.99. The molecule has 1 saturated carbocycles. The van der Waals surface area contributed by atoms with Crippen LogP contribution in [0.4, 0.5) is 21.6 Å². The zero-order chi connectivity index (χ0) is 29.5. The molecule has 222 valence electrons. The van der Waals surface area contributed by atoms with Crippen LogP contribution < -0.4 is 10.6 Å². The summed E-state index contributed by atoms with van der Waals surface area (Å²) in [6.07, 6.45) is 5.05. The summed E-state index contributed by atoms with van der Waals surface area (Å²) in [5.74, 6) is 8.15. The Hall–Kier alpha value is -3.59. The largest absolute Gasteiger partial charge is 0.372 e. The number of nitrogens with one attached hydrogen (secondary N) is 2. The van der Waals surface area contributed by atoms with E-state index in [0.717, 1.165) is 26.2 Å². The number of fused-ring (bicyclic) bond motifs is 3. The number of aromatic nitrogens is 2. The van der Waals surface area contributed by atoms with Crippen molar-refractivity contribution in [3.05, 3.63) is 65.2 Å². The molecular formula is C32H32ClFN6O3. The number of carbonyl (C=O) groups excluding carboxylic acids is 1. The summed E-state index contributed by atoms with van der Waals surface area (Å²) in [6, 6.07) is 8.08. The standard InChI is InChI=1S/C32H32ClFN6O3/c1-39-14-23-21(24(23)15-39)6-4-19-11-28-22(32(36-18-35-28)37-20-5-7-26(34)25(33)12-20)13-27(19)38-31(41)3-2-8-40-16-29-30(17-40)43-10-9-42-29/h2-3,5,7,11-13,18,21,23-24,29-30H,8-10,14-17H2,1H3,(H,38,41)(H,35,36,37)/b3-2+. The predicted octanol–water partition coefficient (Wildman–Crippen LogP) is 3.92. The van der Waals surface area contributed by atoms with Crippen LogP contribution >= 0.6 is 11.6 Å². The molecule has 1 amide bonds. The first-order chi connectivity index (χ1) is 20.9. The predicted molar refractivity (Wildman–Crippen MR) is 163 cm³/mol. The Morgan fingerprint density at radius 3 is 2.63 bits per heavy atom. The quantitative estimate of drug-likeness (QED) is 0.324. The van der Waals surface area contributed by atoms with Gasteiger partial charge in [0.2, 0.25) is 5.91 Å². The van der Waals surface area contributed by atoms with Gasteiger partial charge in [-0.25, -0.2) is 14.4 Å². The van der Waals surface area contributed by atoms with Crippen LogP contribution in [0, 0.1) is 35.4 Å². The van der Waals surface area contributed by atoms with Gasteiger partial charge in [-0.3, -0.25) is 9.69 Å². The maximum absolute atomic E-state index is 13.7. The van der Waals surface area contributed by atoms with E-state index in [0.29, 0.717) is 71.2 Å². The van der Waals surface area contributed by atoms with Crippen molar-refractivity contribution in [2.75, 3.05) is 63.6 Å². The van der Waals surface area contributed by atoms with Crippen molar-refractivity contribution in [2.45, 2.75) is 12.2 Å². The normalized spacial score (nSPS) is 26.6. The van der Waals surface area contributed by atoms with Gasteiger partial charge in [0.05, 0.1) is 47.2 Å². The summed E-state index contributed by atoms with van der Waals surface area (Å²) in [6.45, 7) is 5.60. The lowest BCUT2D eigenvalue weighted by Gasteiger charge is -2.24. The van der Waals surface area contributed by atoms with Gasteiger partial charge in [-0.2, -0.15) is 0 Å². The Bertz CT molecular complexity index is 1630. The van der Waals surface area contributed by atoms with Crippen LogP contribution in [0.3, 0.4) is 0 Å². The summed E-state index contributed by atoms with van der Waals surface area (Å²) < 4.78 is 25.3. The van der Waals surface area contributed by atoms with Gasteiger partial charge in [-0.05, 0) is 49.2 Å². The second-order valence-electron chi connectivity index (χ2n) is 11.7. The van der Waals surface area contributed by atoms with E-state index in [4.69, 9.17) is 21.1 Å². The third-order valence-corrected chi connectivity index (χ3v) is 8.93. The van der Waals surface area contributed by atoms with Gasteiger partial charge in [-0.1, -0.05) is 29.5 Å².